The summed E-state index contributed by atoms with van der Waals surface area (Å²) >= 11 is 0. The Balaban J connectivity index is 2.50. The molecule has 0 aromatic rings. The zero-order chi connectivity index (χ0) is 6.97. The third-order valence-corrected chi connectivity index (χ3v) is 1.71. The van der Waals surface area contributed by atoms with E-state index in [2.05, 4.69) is 11.1 Å². The summed E-state index contributed by atoms with van der Waals surface area (Å²) in [5, 5.41) is 0. The summed E-state index contributed by atoms with van der Waals surface area (Å²) < 4.78 is 0. The lowest BCUT2D eigenvalue weighted by atomic mass is 10.0. The first-order chi connectivity index (χ1) is 4.88. The number of hydrogen-bond acceptors (Lipinski definition) is 2. The van der Waals surface area contributed by atoms with Gasteiger partial charge in [0.05, 0.1) is 17.6 Å². The Morgan fingerprint density at radius 3 is 3.20 bits per heavy atom. The molecule has 0 amide bonds. The van der Waals surface area contributed by atoms with Crippen molar-refractivity contribution in [2.45, 2.75) is 6.42 Å². The quantitative estimate of drug-likeness (QED) is 0.527. The Kier molecular flexibility index (Phi) is 1.01. The van der Waals surface area contributed by atoms with Crippen LogP contribution in [0, 0.1) is 0 Å². The van der Waals surface area contributed by atoms with Gasteiger partial charge in [0.1, 0.15) is 0 Å². The van der Waals surface area contributed by atoms with Crippen molar-refractivity contribution in [2.24, 2.45) is 10.7 Å². The van der Waals surface area contributed by atoms with Crippen molar-refractivity contribution in [1.29, 1.82) is 0 Å². The number of fused-ring (bicyclic) bond motifs is 1. The molecule has 0 aromatic heterocycles. The van der Waals surface area contributed by atoms with Crippen LogP contribution in [0.15, 0.2) is 40.2 Å². The fourth-order valence-corrected chi connectivity index (χ4v) is 1.15. The lowest BCUT2D eigenvalue weighted by molar-refractivity contribution is 1.16. The van der Waals surface area contributed by atoms with Crippen LogP contribution in [0.3, 0.4) is 0 Å². The zero-order valence-corrected chi connectivity index (χ0v) is 5.54. The predicted molar refractivity (Wildman–Crippen MR) is 41.5 cm³/mol. The van der Waals surface area contributed by atoms with E-state index in [1.807, 2.05) is 12.2 Å². The second-order valence-corrected chi connectivity index (χ2v) is 2.38. The lowest BCUT2D eigenvalue weighted by Crippen LogP contribution is -1.99. The van der Waals surface area contributed by atoms with E-state index < -0.39 is 0 Å². The molecule has 2 heteroatoms. The van der Waals surface area contributed by atoms with Crippen molar-refractivity contribution in [3.8, 4) is 0 Å². The first-order valence-corrected chi connectivity index (χ1v) is 3.28. The number of rotatable bonds is 0. The van der Waals surface area contributed by atoms with Gasteiger partial charge in [-0.25, -0.2) is 0 Å². The van der Waals surface area contributed by atoms with Crippen molar-refractivity contribution >= 4 is 6.21 Å². The maximum atomic E-state index is 5.64. The minimum absolute atomic E-state index is 0.815. The van der Waals surface area contributed by atoms with Gasteiger partial charge in [0, 0.05) is 5.57 Å². The minimum Gasteiger partial charge on any atom is -0.397 e. The number of aliphatic imine (C=N–C) groups is 1. The van der Waals surface area contributed by atoms with Crippen molar-refractivity contribution < 1.29 is 0 Å². The standard InChI is InChI=1S/C8H8N2/c9-7-5-10-8-4-2-1-3-6(7)8/h1-2,4-5H,3,9H2. The van der Waals surface area contributed by atoms with Crippen molar-refractivity contribution in [3.63, 3.8) is 0 Å². The molecule has 1 heterocycles. The molecule has 0 radical (unpaired) electrons. The third-order valence-electron chi connectivity index (χ3n) is 1.71. The van der Waals surface area contributed by atoms with E-state index in [1.165, 1.54) is 5.57 Å². The van der Waals surface area contributed by atoms with Gasteiger partial charge >= 0.3 is 0 Å². The number of allylic oxidation sites excluding steroid dienone is 5. The fourth-order valence-electron chi connectivity index (χ4n) is 1.15. The van der Waals surface area contributed by atoms with E-state index in [0.29, 0.717) is 0 Å². The van der Waals surface area contributed by atoms with Gasteiger partial charge < -0.3 is 5.73 Å². The number of hydrogen-bond donors (Lipinski definition) is 1. The van der Waals surface area contributed by atoms with Crippen LogP contribution in [-0.2, 0) is 0 Å². The maximum Gasteiger partial charge on any atom is 0.0686 e. The molecule has 1 aliphatic heterocycles. The van der Waals surface area contributed by atoms with Gasteiger partial charge in [-0.2, -0.15) is 0 Å². The Hall–Kier alpha value is -1.31. The molecule has 2 rings (SSSR count). The molecule has 0 fully saturated rings. The Bertz CT molecular complexity index is 280. The largest absolute Gasteiger partial charge is 0.397 e. The van der Waals surface area contributed by atoms with E-state index in [0.717, 1.165) is 17.8 Å². The molecule has 1 aliphatic carbocycles. The van der Waals surface area contributed by atoms with Crippen LogP contribution in [0.1, 0.15) is 6.42 Å². The summed E-state index contributed by atoms with van der Waals surface area (Å²) in [7, 11) is 0. The number of nitrogens with zero attached hydrogens (tertiary/aromatic N) is 1. The molecule has 10 heavy (non-hydrogen) atoms. The van der Waals surface area contributed by atoms with Crippen LogP contribution >= 0.6 is 0 Å². The first kappa shape index (κ1) is 5.47. The molecule has 2 aliphatic rings. The summed E-state index contributed by atoms with van der Waals surface area (Å²) in [5.74, 6) is 0. The highest BCUT2D eigenvalue weighted by Gasteiger charge is 2.13. The molecule has 0 bridgehead atoms. The lowest BCUT2D eigenvalue weighted by Gasteiger charge is -2.03. The van der Waals surface area contributed by atoms with Gasteiger partial charge in [0.15, 0.2) is 0 Å². The minimum atomic E-state index is 0.815. The average Bonchev–Trinajstić information content (AvgIpc) is 2.34. The summed E-state index contributed by atoms with van der Waals surface area (Å²) in [6.07, 6.45) is 8.72. The van der Waals surface area contributed by atoms with Crippen LogP contribution in [0.4, 0.5) is 0 Å². The van der Waals surface area contributed by atoms with Crippen molar-refractivity contribution in [3.05, 3.63) is 35.2 Å². The van der Waals surface area contributed by atoms with E-state index in [4.69, 9.17) is 5.73 Å². The molecule has 2 nitrogen and oxygen atoms in total. The van der Waals surface area contributed by atoms with Crippen molar-refractivity contribution in [2.75, 3.05) is 0 Å². The monoisotopic (exact) mass is 132 g/mol. The van der Waals surface area contributed by atoms with Crippen molar-refractivity contribution in [1.82, 2.24) is 0 Å². The second kappa shape index (κ2) is 1.84. The van der Waals surface area contributed by atoms with Gasteiger partial charge in [-0.3, -0.25) is 4.99 Å². The van der Waals surface area contributed by atoms with Crippen LogP contribution < -0.4 is 5.73 Å². The first-order valence-electron chi connectivity index (χ1n) is 3.28. The molecule has 2 N–H and O–H groups in total. The molecule has 0 unspecified atom stereocenters. The van der Waals surface area contributed by atoms with Gasteiger partial charge in [-0.1, -0.05) is 12.2 Å². The summed E-state index contributed by atoms with van der Waals surface area (Å²) in [6.45, 7) is 0. The van der Waals surface area contributed by atoms with Crippen LogP contribution in [0.5, 0.6) is 0 Å². The van der Waals surface area contributed by atoms with Crippen LogP contribution in [0.25, 0.3) is 0 Å². The molecular formula is C8H8N2. The Labute approximate surface area is 59.4 Å². The van der Waals surface area contributed by atoms with Gasteiger partial charge in [0.25, 0.3) is 0 Å². The summed E-state index contributed by atoms with van der Waals surface area (Å²) in [4.78, 5) is 4.12. The topological polar surface area (TPSA) is 38.4 Å². The van der Waals surface area contributed by atoms with Gasteiger partial charge in [-0.15, -0.1) is 0 Å². The Morgan fingerprint density at radius 1 is 1.50 bits per heavy atom. The van der Waals surface area contributed by atoms with E-state index in [1.54, 1.807) is 6.21 Å². The molecule has 50 valence electrons. The van der Waals surface area contributed by atoms with Gasteiger partial charge in [0.2, 0.25) is 0 Å². The normalized spacial score (nSPS) is 21.4. The molecular weight excluding hydrogens is 124 g/mol. The summed E-state index contributed by atoms with van der Waals surface area (Å²) in [5.41, 5.74) is 8.66. The smallest absolute Gasteiger partial charge is 0.0686 e. The molecule has 0 saturated heterocycles. The number of nitrogens with two attached hydrogens (primary N) is 1. The molecule has 0 aromatic carbocycles. The molecule has 0 saturated carbocycles. The van der Waals surface area contributed by atoms with E-state index >= 15 is 0 Å². The molecule has 0 spiro atoms. The summed E-state index contributed by atoms with van der Waals surface area (Å²) in [6, 6.07) is 0. The predicted octanol–water partition coefficient (Wildman–Crippen LogP) is 1.13. The van der Waals surface area contributed by atoms with E-state index in [-0.39, 0.29) is 0 Å². The fraction of sp³-hybridized carbons (Fsp3) is 0.125. The second-order valence-electron chi connectivity index (χ2n) is 2.38. The van der Waals surface area contributed by atoms with Crippen LogP contribution in [0.2, 0.25) is 0 Å². The average molecular weight is 132 g/mol. The van der Waals surface area contributed by atoms with E-state index in [9.17, 15) is 0 Å². The maximum absolute atomic E-state index is 5.64. The van der Waals surface area contributed by atoms with Gasteiger partial charge in [-0.05, 0) is 12.5 Å². The molecule has 0 atom stereocenters. The van der Waals surface area contributed by atoms with Crippen LogP contribution in [-0.4, -0.2) is 6.21 Å². The SMILES string of the molecule is NC1=C2CC=CC=C2N=C1. The Morgan fingerprint density at radius 2 is 2.40 bits per heavy atom. The third kappa shape index (κ3) is 0.620. The zero-order valence-electron chi connectivity index (χ0n) is 5.54. The highest BCUT2D eigenvalue weighted by Crippen LogP contribution is 2.25. The highest BCUT2D eigenvalue weighted by atomic mass is 14.8. The highest BCUT2D eigenvalue weighted by molar-refractivity contribution is 5.85.